The number of nitrogen functional groups attached to an aromatic ring is 1. The normalized spacial score (nSPS) is 14.7. The van der Waals surface area contributed by atoms with Crippen molar-refractivity contribution in [2.24, 2.45) is 5.73 Å². The van der Waals surface area contributed by atoms with E-state index in [-0.39, 0.29) is 34.8 Å². The predicted molar refractivity (Wildman–Crippen MR) is 141 cm³/mol. The van der Waals surface area contributed by atoms with Gasteiger partial charge in [-0.1, -0.05) is 37.1 Å². The summed E-state index contributed by atoms with van der Waals surface area (Å²) >= 11 is 2.30. The van der Waals surface area contributed by atoms with Gasteiger partial charge in [0.15, 0.2) is 5.69 Å². The Morgan fingerprint density at radius 1 is 1.17 bits per heavy atom. The van der Waals surface area contributed by atoms with Crippen LogP contribution in [0.1, 0.15) is 62.3 Å². The van der Waals surface area contributed by atoms with E-state index in [0.717, 1.165) is 53.0 Å². The van der Waals surface area contributed by atoms with Gasteiger partial charge in [-0.25, -0.2) is 0 Å². The lowest BCUT2D eigenvalue weighted by atomic mass is 10.0. The fourth-order valence-corrected chi connectivity index (χ4v) is 6.20. The van der Waals surface area contributed by atoms with E-state index in [1.54, 1.807) is 6.20 Å². The third-order valence-corrected chi connectivity index (χ3v) is 8.21. The minimum atomic E-state index is -0.935. The summed E-state index contributed by atoms with van der Waals surface area (Å²) in [5.74, 6) is -1.54. The van der Waals surface area contributed by atoms with Crippen molar-refractivity contribution < 1.29 is 14.4 Å². The number of rotatable bonds is 8. The zero-order chi connectivity index (χ0) is 25.2. The van der Waals surface area contributed by atoms with Crippen LogP contribution in [0.25, 0.3) is 10.9 Å². The van der Waals surface area contributed by atoms with E-state index in [1.807, 2.05) is 41.8 Å². The minimum Gasteiger partial charge on any atom is -0.395 e. The maximum absolute atomic E-state index is 14.0. The monoisotopic (exact) mass is 522 g/mol. The highest BCUT2D eigenvalue weighted by Gasteiger charge is 2.37. The third kappa shape index (κ3) is 4.59. The largest absolute Gasteiger partial charge is 0.395 e. The molecule has 1 saturated carbocycles. The standard InChI is InChI=1S/C25H26N6O3S2/c26-19-20(23(27)32)30-36-22(19)25(34)31(13-15-8-5-11-35-15)21(24(33)29-14-6-1-2-7-14)17-12-28-18-10-4-3-9-16(17)18/h3-5,8-12,14,21,28H,1-2,6-7,13,26H2,(H2,27,32)(H,29,33)/t21-/m0/s1. The van der Waals surface area contributed by atoms with Crippen LogP contribution in [-0.2, 0) is 11.3 Å². The number of fused-ring (bicyclic) bond motifs is 1. The third-order valence-electron chi connectivity index (χ3n) is 6.50. The van der Waals surface area contributed by atoms with Crippen molar-refractivity contribution in [3.8, 4) is 0 Å². The number of nitrogens with two attached hydrogens (primary N) is 2. The quantitative estimate of drug-likeness (QED) is 0.278. The second kappa shape index (κ2) is 10.1. The Morgan fingerprint density at radius 2 is 1.94 bits per heavy atom. The van der Waals surface area contributed by atoms with E-state index in [0.29, 0.717) is 5.56 Å². The number of aromatic nitrogens is 2. The Balaban J connectivity index is 1.62. The Bertz CT molecular complexity index is 1400. The van der Waals surface area contributed by atoms with Gasteiger partial charge in [0.2, 0.25) is 5.91 Å². The van der Waals surface area contributed by atoms with Gasteiger partial charge in [0, 0.05) is 33.6 Å². The maximum atomic E-state index is 14.0. The minimum absolute atomic E-state index is 0.0671. The molecule has 1 atom stereocenters. The Morgan fingerprint density at radius 3 is 2.64 bits per heavy atom. The summed E-state index contributed by atoms with van der Waals surface area (Å²) in [6, 6.07) is 10.6. The van der Waals surface area contributed by atoms with Crippen LogP contribution in [0.15, 0.2) is 48.0 Å². The summed E-state index contributed by atoms with van der Waals surface area (Å²) in [6.45, 7) is 0.183. The Labute approximate surface area is 215 Å². The van der Waals surface area contributed by atoms with Crippen molar-refractivity contribution in [3.05, 3.63) is 69.0 Å². The molecule has 36 heavy (non-hydrogen) atoms. The molecule has 3 heterocycles. The van der Waals surface area contributed by atoms with Crippen molar-refractivity contribution in [1.29, 1.82) is 0 Å². The summed E-state index contributed by atoms with van der Waals surface area (Å²) in [4.78, 5) is 45.4. The summed E-state index contributed by atoms with van der Waals surface area (Å²) in [7, 11) is 0. The van der Waals surface area contributed by atoms with Gasteiger partial charge in [-0.3, -0.25) is 14.4 Å². The van der Waals surface area contributed by atoms with Crippen LogP contribution < -0.4 is 16.8 Å². The number of primary amides is 1. The highest BCUT2D eigenvalue weighted by atomic mass is 32.1. The van der Waals surface area contributed by atoms with Crippen LogP contribution in [0.4, 0.5) is 5.69 Å². The van der Waals surface area contributed by atoms with Crippen molar-refractivity contribution in [2.45, 2.75) is 44.3 Å². The molecule has 1 aliphatic carbocycles. The van der Waals surface area contributed by atoms with E-state index >= 15 is 0 Å². The molecule has 0 bridgehead atoms. The average Bonchev–Trinajstić information content (AvgIpc) is 3.66. The van der Waals surface area contributed by atoms with Gasteiger partial charge in [-0.05, 0) is 41.9 Å². The Hall–Kier alpha value is -3.70. The number of hydrogen-bond donors (Lipinski definition) is 4. The first-order chi connectivity index (χ1) is 17.4. The number of nitrogens with one attached hydrogen (secondary N) is 2. The number of nitrogens with zero attached hydrogens (tertiary/aromatic N) is 2. The molecule has 3 aromatic heterocycles. The molecule has 11 heteroatoms. The van der Waals surface area contributed by atoms with E-state index in [2.05, 4.69) is 14.7 Å². The van der Waals surface area contributed by atoms with Crippen molar-refractivity contribution in [2.75, 3.05) is 5.73 Å². The average molecular weight is 523 g/mol. The number of carbonyl (C=O) groups is 3. The topological polar surface area (TPSA) is 147 Å². The second-order valence-electron chi connectivity index (χ2n) is 8.83. The molecular weight excluding hydrogens is 496 g/mol. The summed E-state index contributed by atoms with van der Waals surface area (Å²) in [5.41, 5.74) is 12.9. The zero-order valence-electron chi connectivity index (χ0n) is 19.4. The Kier molecular flexibility index (Phi) is 6.75. The summed E-state index contributed by atoms with van der Waals surface area (Å²) < 4.78 is 4.01. The molecule has 0 aliphatic heterocycles. The fraction of sp³-hybridized carbons (Fsp3) is 0.280. The van der Waals surface area contributed by atoms with E-state index in [4.69, 9.17) is 11.5 Å². The van der Waals surface area contributed by atoms with Crippen molar-refractivity contribution in [1.82, 2.24) is 19.6 Å². The van der Waals surface area contributed by atoms with Crippen molar-refractivity contribution >= 4 is 57.2 Å². The predicted octanol–water partition coefficient (Wildman–Crippen LogP) is 3.81. The lowest BCUT2D eigenvalue weighted by Gasteiger charge is -2.31. The van der Waals surface area contributed by atoms with E-state index in [9.17, 15) is 14.4 Å². The maximum Gasteiger partial charge on any atom is 0.270 e. The van der Waals surface area contributed by atoms with Crippen LogP contribution in [0.5, 0.6) is 0 Å². The molecular formula is C25H26N6O3S2. The SMILES string of the molecule is NC(=O)c1nsc(C(=O)N(Cc2cccs2)[C@H](C(=O)NC2CCCC2)c2c[nH]c3ccccc23)c1N. The van der Waals surface area contributed by atoms with Gasteiger partial charge in [0.05, 0.1) is 12.2 Å². The molecule has 0 unspecified atom stereocenters. The first-order valence-corrected chi connectivity index (χ1v) is 13.3. The summed E-state index contributed by atoms with van der Waals surface area (Å²) in [5, 5.41) is 5.95. The fourth-order valence-electron chi connectivity index (χ4n) is 4.73. The van der Waals surface area contributed by atoms with Crippen molar-refractivity contribution in [3.63, 3.8) is 0 Å². The number of carbonyl (C=O) groups excluding carboxylic acids is 3. The lowest BCUT2D eigenvalue weighted by Crippen LogP contribution is -2.45. The van der Waals surface area contributed by atoms with Gasteiger partial charge in [0.25, 0.3) is 11.8 Å². The van der Waals surface area contributed by atoms with Crippen LogP contribution >= 0.6 is 22.9 Å². The first-order valence-electron chi connectivity index (χ1n) is 11.7. The molecule has 0 spiro atoms. The van der Waals surface area contributed by atoms with Gasteiger partial charge in [-0.15, -0.1) is 11.3 Å². The number of amides is 3. The number of anilines is 1. The second-order valence-corrected chi connectivity index (χ2v) is 10.6. The first kappa shape index (κ1) is 24.0. The number of thiophene rings is 1. The molecule has 1 fully saturated rings. The molecule has 3 amide bonds. The number of H-pyrrole nitrogens is 1. The molecule has 9 nitrogen and oxygen atoms in total. The lowest BCUT2D eigenvalue weighted by molar-refractivity contribution is -0.126. The van der Waals surface area contributed by atoms with Gasteiger partial charge >= 0.3 is 0 Å². The van der Waals surface area contributed by atoms with Gasteiger partial charge in [0.1, 0.15) is 10.9 Å². The molecule has 5 rings (SSSR count). The molecule has 6 N–H and O–H groups in total. The highest BCUT2D eigenvalue weighted by molar-refractivity contribution is 7.10. The molecule has 1 aliphatic rings. The highest BCUT2D eigenvalue weighted by Crippen LogP contribution is 2.34. The van der Waals surface area contributed by atoms with E-state index in [1.165, 1.54) is 16.2 Å². The zero-order valence-corrected chi connectivity index (χ0v) is 21.0. The van der Waals surface area contributed by atoms with Crippen LogP contribution in [-0.4, -0.2) is 38.0 Å². The van der Waals surface area contributed by atoms with Crippen LogP contribution in [0, 0.1) is 0 Å². The number of aromatic amines is 1. The molecule has 0 radical (unpaired) electrons. The smallest absolute Gasteiger partial charge is 0.270 e. The number of hydrogen-bond acceptors (Lipinski definition) is 7. The van der Waals surface area contributed by atoms with Crippen LogP contribution in [0.2, 0.25) is 0 Å². The van der Waals surface area contributed by atoms with Crippen LogP contribution in [0.3, 0.4) is 0 Å². The van der Waals surface area contributed by atoms with Gasteiger partial charge < -0.3 is 26.7 Å². The van der Waals surface area contributed by atoms with Gasteiger partial charge in [-0.2, -0.15) is 4.37 Å². The van der Waals surface area contributed by atoms with E-state index < -0.39 is 17.9 Å². The number of benzene rings is 1. The molecule has 0 saturated heterocycles. The molecule has 4 aromatic rings. The molecule has 186 valence electrons. The summed E-state index contributed by atoms with van der Waals surface area (Å²) in [6.07, 6.45) is 5.73. The molecule has 1 aromatic carbocycles. The number of para-hydroxylation sites is 1.